The molecule has 8 nitrogen and oxygen atoms in total. The van der Waals surface area contributed by atoms with E-state index in [0.29, 0.717) is 13.1 Å². The van der Waals surface area contributed by atoms with E-state index in [4.69, 9.17) is 4.42 Å². The van der Waals surface area contributed by atoms with Gasteiger partial charge in [0.2, 0.25) is 0 Å². The molecular formula is C20H24N6O2. The fourth-order valence-electron chi connectivity index (χ4n) is 3.40. The Bertz CT molecular complexity index is 842. The Morgan fingerprint density at radius 1 is 1.07 bits per heavy atom. The van der Waals surface area contributed by atoms with E-state index >= 15 is 0 Å². The topological polar surface area (TPSA) is 79.4 Å². The third kappa shape index (κ3) is 4.40. The number of benzene rings is 1. The molecule has 0 bridgehead atoms. The van der Waals surface area contributed by atoms with Gasteiger partial charge in [0.1, 0.15) is 24.5 Å². The van der Waals surface area contributed by atoms with Gasteiger partial charge in [0, 0.05) is 32.7 Å². The molecule has 4 rings (SSSR count). The van der Waals surface area contributed by atoms with Crippen molar-refractivity contribution in [2.45, 2.75) is 12.6 Å². The highest BCUT2D eigenvalue weighted by Gasteiger charge is 2.25. The maximum atomic E-state index is 12.9. The quantitative estimate of drug-likeness (QED) is 0.707. The first-order chi connectivity index (χ1) is 13.8. The second-order valence-electron chi connectivity index (χ2n) is 6.80. The number of furan rings is 1. The van der Waals surface area contributed by atoms with Crippen LogP contribution in [0.3, 0.4) is 0 Å². The third-order valence-electron chi connectivity index (χ3n) is 5.00. The lowest BCUT2D eigenvalue weighted by atomic mass is 10.0. The molecule has 146 valence electrons. The molecule has 1 fully saturated rings. The molecule has 2 aromatic heterocycles. The second-order valence-corrected chi connectivity index (χ2v) is 6.80. The highest BCUT2D eigenvalue weighted by atomic mass is 16.3. The Hall–Kier alpha value is -3.13. The van der Waals surface area contributed by atoms with Gasteiger partial charge in [-0.2, -0.15) is 5.10 Å². The molecule has 28 heavy (non-hydrogen) atoms. The Kier molecular flexibility index (Phi) is 5.67. The van der Waals surface area contributed by atoms with Gasteiger partial charge in [-0.05, 0) is 17.7 Å². The smallest absolute Gasteiger partial charge is 0.318 e. The molecule has 0 saturated carbocycles. The lowest BCUT2D eigenvalue weighted by molar-refractivity contribution is 0.134. The van der Waals surface area contributed by atoms with Crippen LogP contribution in [0.5, 0.6) is 0 Å². The van der Waals surface area contributed by atoms with Crippen molar-refractivity contribution in [1.29, 1.82) is 0 Å². The van der Waals surface area contributed by atoms with Crippen molar-refractivity contribution in [2.24, 2.45) is 0 Å². The molecule has 1 saturated heterocycles. The Balaban J connectivity index is 1.33. The van der Waals surface area contributed by atoms with Crippen LogP contribution in [0.15, 0.2) is 65.8 Å². The molecule has 1 atom stereocenters. The van der Waals surface area contributed by atoms with Gasteiger partial charge >= 0.3 is 6.03 Å². The first kappa shape index (κ1) is 18.2. The molecule has 1 aliphatic rings. The van der Waals surface area contributed by atoms with Crippen molar-refractivity contribution in [3.05, 3.63) is 72.7 Å². The lowest BCUT2D eigenvalue weighted by Gasteiger charge is -2.35. The van der Waals surface area contributed by atoms with Crippen LogP contribution in [-0.2, 0) is 6.54 Å². The number of nitrogens with one attached hydrogen (secondary N) is 1. The Morgan fingerprint density at radius 2 is 1.89 bits per heavy atom. The standard InChI is InChI=1S/C20H24N6O2/c27-20(23-19(18-7-4-14-28-18)17-5-2-1-3-6-17)25-11-8-24(9-12-25)10-13-26-16-21-15-22-26/h1-7,14-16,19H,8-13H2,(H,23,27)/t19-/m1/s1. The van der Waals surface area contributed by atoms with Gasteiger partial charge in [0.15, 0.2) is 0 Å². The van der Waals surface area contributed by atoms with Crippen LogP contribution in [0.25, 0.3) is 0 Å². The van der Waals surface area contributed by atoms with E-state index in [2.05, 4.69) is 20.3 Å². The largest absolute Gasteiger partial charge is 0.467 e. The predicted octanol–water partition coefficient (Wildman–Crippen LogP) is 1.99. The van der Waals surface area contributed by atoms with Gasteiger partial charge < -0.3 is 14.6 Å². The summed E-state index contributed by atoms with van der Waals surface area (Å²) in [7, 11) is 0. The SMILES string of the molecule is O=C(N[C@H](c1ccccc1)c1ccco1)N1CCN(CCn2cncn2)CC1. The van der Waals surface area contributed by atoms with Crippen molar-refractivity contribution in [3.8, 4) is 0 Å². The van der Waals surface area contributed by atoms with Crippen molar-refractivity contribution < 1.29 is 9.21 Å². The van der Waals surface area contributed by atoms with Crippen LogP contribution in [0.1, 0.15) is 17.4 Å². The van der Waals surface area contributed by atoms with Gasteiger partial charge in [0.25, 0.3) is 0 Å². The van der Waals surface area contributed by atoms with Gasteiger partial charge in [-0.25, -0.2) is 9.78 Å². The van der Waals surface area contributed by atoms with E-state index in [1.54, 1.807) is 18.9 Å². The molecule has 8 heteroatoms. The first-order valence-corrected chi connectivity index (χ1v) is 9.48. The number of hydrogen-bond acceptors (Lipinski definition) is 5. The summed E-state index contributed by atoms with van der Waals surface area (Å²) in [6.45, 7) is 4.79. The van der Waals surface area contributed by atoms with Gasteiger partial charge in [-0.15, -0.1) is 0 Å². The Labute approximate surface area is 163 Å². The molecule has 0 spiro atoms. The van der Waals surface area contributed by atoms with Crippen LogP contribution in [0.2, 0.25) is 0 Å². The predicted molar refractivity (Wildman–Crippen MR) is 104 cm³/mol. The fraction of sp³-hybridized carbons (Fsp3) is 0.350. The molecule has 0 radical (unpaired) electrons. The number of rotatable bonds is 6. The third-order valence-corrected chi connectivity index (χ3v) is 5.00. The van der Waals surface area contributed by atoms with Crippen molar-refractivity contribution in [2.75, 3.05) is 32.7 Å². The van der Waals surface area contributed by atoms with E-state index in [1.807, 2.05) is 52.0 Å². The number of piperazine rings is 1. The molecule has 0 unspecified atom stereocenters. The van der Waals surface area contributed by atoms with E-state index in [1.165, 1.54) is 0 Å². The van der Waals surface area contributed by atoms with Gasteiger partial charge in [-0.1, -0.05) is 30.3 Å². The highest BCUT2D eigenvalue weighted by molar-refractivity contribution is 5.75. The maximum Gasteiger partial charge on any atom is 0.318 e. The van der Waals surface area contributed by atoms with E-state index in [9.17, 15) is 4.79 Å². The molecule has 1 aliphatic heterocycles. The molecule has 1 aromatic carbocycles. The lowest BCUT2D eigenvalue weighted by Crippen LogP contribution is -2.52. The second kappa shape index (κ2) is 8.71. The van der Waals surface area contributed by atoms with Crippen LogP contribution < -0.4 is 5.32 Å². The number of carbonyl (C=O) groups is 1. The summed E-state index contributed by atoms with van der Waals surface area (Å²) in [5.74, 6) is 0.728. The fourth-order valence-corrected chi connectivity index (χ4v) is 3.40. The van der Waals surface area contributed by atoms with Crippen LogP contribution in [0, 0.1) is 0 Å². The number of aromatic nitrogens is 3. The summed E-state index contributed by atoms with van der Waals surface area (Å²) in [6.07, 6.45) is 4.90. The zero-order valence-electron chi connectivity index (χ0n) is 15.6. The minimum absolute atomic E-state index is 0.0684. The van der Waals surface area contributed by atoms with Gasteiger partial charge in [0.05, 0.1) is 12.8 Å². The number of hydrogen-bond donors (Lipinski definition) is 1. The molecule has 1 N–H and O–H groups in total. The first-order valence-electron chi connectivity index (χ1n) is 9.48. The maximum absolute atomic E-state index is 12.9. The van der Waals surface area contributed by atoms with Crippen LogP contribution in [-0.4, -0.2) is 63.3 Å². The molecule has 0 aliphatic carbocycles. The molecule has 3 aromatic rings. The summed E-state index contributed by atoms with van der Waals surface area (Å²) < 4.78 is 7.39. The monoisotopic (exact) mass is 380 g/mol. The van der Waals surface area contributed by atoms with E-state index in [-0.39, 0.29) is 12.1 Å². The summed E-state index contributed by atoms with van der Waals surface area (Å²) in [5, 5.41) is 7.25. The average Bonchev–Trinajstić information content (AvgIpc) is 3.45. The molecule has 3 heterocycles. The van der Waals surface area contributed by atoms with E-state index < -0.39 is 0 Å². The van der Waals surface area contributed by atoms with Crippen molar-refractivity contribution in [3.63, 3.8) is 0 Å². The number of amides is 2. The van der Waals surface area contributed by atoms with E-state index in [0.717, 1.165) is 37.5 Å². The molecular weight excluding hydrogens is 356 g/mol. The van der Waals surface area contributed by atoms with Crippen molar-refractivity contribution in [1.82, 2.24) is 29.9 Å². The molecule has 2 amide bonds. The zero-order chi connectivity index (χ0) is 19.2. The number of carbonyl (C=O) groups excluding carboxylic acids is 1. The number of nitrogens with zero attached hydrogens (tertiary/aromatic N) is 5. The zero-order valence-corrected chi connectivity index (χ0v) is 15.6. The van der Waals surface area contributed by atoms with Crippen molar-refractivity contribution >= 4 is 6.03 Å². The summed E-state index contributed by atoms with van der Waals surface area (Å²) in [4.78, 5) is 21.0. The van der Waals surface area contributed by atoms with Crippen LogP contribution in [0.4, 0.5) is 4.79 Å². The summed E-state index contributed by atoms with van der Waals surface area (Å²) in [5.41, 5.74) is 0.997. The highest BCUT2D eigenvalue weighted by Crippen LogP contribution is 2.22. The summed E-state index contributed by atoms with van der Waals surface area (Å²) in [6, 6.07) is 13.2. The van der Waals surface area contributed by atoms with Gasteiger partial charge in [-0.3, -0.25) is 9.58 Å². The summed E-state index contributed by atoms with van der Waals surface area (Å²) >= 11 is 0. The van der Waals surface area contributed by atoms with Crippen LogP contribution >= 0.6 is 0 Å². The normalized spacial score (nSPS) is 16.1. The minimum atomic E-state index is -0.297. The Morgan fingerprint density at radius 3 is 2.57 bits per heavy atom. The average molecular weight is 380 g/mol. The minimum Gasteiger partial charge on any atom is -0.467 e. The number of urea groups is 1.